The second-order valence-corrected chi connectivity index (χ2v) is 7.60. The topological polar surface area (TPSA) is 71.5 Å². The molecule has 138 valence electrons. The molecule has 4 rings (SSSR count). The second kappa shape index (κ2) is 7.09. The summed E-state index contributed by atoms with van der Waals surface area (Å²) < 4.78 is 6.64. The molecule has 0 spiro atoms. The van der Waals surface area contributed by atoms with Gasteiger partial charge in [0, 0.05) is 7.05 Å². The number of aromatic nitrogens is 1. The summed E-state index contributed by atoms with van der Waals surface area (Å²) in [5, 5.41) is 3.37. The molecule has 3 aromatic rings. The van der Waals surface area contributed by atoms with Gasteiger partial charge in [0.2, 0.25) is 5.91 Å². The van der Waals surface area contributed by atoms with Gasteiger partial charge in [-0.05, 0) is 24.6 Å². The van der Waals surface area contributed by atoms with E-state index in [0.29, 0.717) is 5.13 Å². The van der Waals surface area contributed by atoms with Crippen LogP contribution in [-0.4, -0.2) is 41.5 Å². The van der Waals surface area contributed by atoms with E-state index in [1.54, 1.807) is 11.9 Å². The molecule has 0 radical (unpaired) electrons. The zero-order valence-electron chi connectivity index (χ0n) is 15.0. The number of amides is 2. The molecule has 1 saturated heterocycles. The number of carbonyl (C=O) groups excluding carboxylic acids is 2. The van der Waals surface area contributed by atoms with Gasteiger partial charge in [-0.2, -0.15) is 0 Å². The van der Waals surface area contributed by atoms with Crippen LogP contribution in [0.4, 0.5) is 5.13 Å². The lowest BCUT2D eigenvalue weighted by atomic mass is 9.97. The number of para-hydroxylation sites is 1. The Hall–Kier alpha value is -2.77. The van der Waals surface area contributed by atoms with Gasteiger partial charge < -0.3 is 9.64 Å². The first kappa shape index (κ1) is 17.6. The van der Waals surface area contributed by atoms with E-state index in [4.69, 9.17) is 4.74 Å². The summed E-state index contributed by atoms with van der Waals surface area (Å²) in [6.45, 7) is 1.88. The fourth-order valence-electron chi connectivity index (χ4n) is 3.20. The Morgan fingerprint density at radius 1 is 1.22 bits per heavy atom. The van der Waals surface area contributed by atoms with Crippen LogP contribution in [0.1, 0.15) is 17.2 Å². The average Bonchev–Trinajstić information content (AvgIpc) is 3.07. The van der Waals surface area contributed by atoms with Gasteiger partial charge in [-0.15, -0.1) is 0 Å². The minimum Gasteiger partial charge on any atom is -0.356 e. The maximum absolute atomic E-state index is 12.9. The average molecular weight is 381 g/mol. The third kappa shape index (κ3) is 3.43. The summed E-state index contributed by atoms with van der Waals surface area (Å²) in [4.78, 5) is 31.1. The summed E-state index contributed by atoms with van der Waals surface area (Å²) in [6.07, 6.45) is -0.803. The minimum atomic E-state index is -0.803. The highest BCUT2D eigenvalue weighted by Crippen LogP contribution is 2.31. The van der Waals surface area contributed by atoms with Gasteiger partial charge in [0.05, 0.1) is 16.3 Å². The highest BCUT2D eigenvalue weighted by atomic mass is 32.1. The summed E-state index contributed by atoms with van der Waals surface area (Å²) in [7, 11) is 1.70. The van der Waals surface area contributed by atoms with Gasteiger partial charge in [-0.25, -0.2) is 4.98 Å². The zero-order chi connectivity index (χ0) is 19.0. The van der Waals surface area contributed by atoms with Crippen molar-refractivity contribution in [3.05, 3.63) is 59.7 Å². The van der Waals surface area contributed by atoms with Crippen molar-refractivity contribution < 1.29 is 14.3 Å². The molecule has 0 saturated carbocycles. The van der Waals surface area contributed by atoms with Crippen molar-refractivity contribution in [3.8, 4) is 0 Å². The standard InChI is InChI=1S/C20H19N3O3S/c1-12-7-9-13(10-8-12)17-18(26-11-16(24)23(17)2)19(25)22-20-21-14-5-3-4-6-15(14)27-20/h3-10,17-18H,11H2,1-2H3,(H,21,22,25)/t17-,18+/m1/s1. The fourth-order valence-corrected chi connectivity index (χ4v) is 4.06. The van der Waals surface area contributed by atoms with Gasteiger partial charge in [-0.1, -0.05) is 53.3 Å². The third-order valence-electron chi connectivity index (χ3n) is 4.69. The molecule has 2 atom stereocenters. The van der Waals surface area contributed by atoms with Crippen molar-refractivity contribution in [3.63, 3.8) is 0 Å². The molecule has 7 heteroatoms. The molecule has 0 unspecified atom stereocenters. The molecule has 1 fully saturated rings. The van der Waals surface area contributed by atoms with Gasteiger partial charge in [0.1, 0.15) is 6.61 Å². The lowest BCUT2D eigenvalue weighted by molar-refractivity contribution is -0.160. The van der Waals surface area contributed by atoms with Crippen LogP contribution in [0.3, 0.4) is 0 Å². The van der Waals surface area contributed by atoms with Crippen LogP contribution in [-0.2, 0) is 14.3 Å². The van der Waals surface area contributed by atoms with Crippen LogP contribution in [0.15, 0.2) is 48.5 Å². The number of ether oxygens (including phenoxy) is 1. The normalized spacial score (nSPS) is 20.1. The number of carbonyl (C=O) groups is 2. The number of thiazole rings is 1. The maximum atomic E-state index is 12.9. The number of benzene rings is 2. The predicted molar refractivity (Wildman–Crippen MR) is 105 cm³/mol. The van der Waals surface area contributed by atoms with Crippen LogP contribution >= 0.6 is 11.3 Å². The van der Waals surface area contributed by atoms with Crippen LogP contribution in [0.5, 0.6) is 0 Å². The molecule has 0 aliphatic carbocycles. The molecule has 1 aromatic heterocycles. The van der Waals surface area contributed by atoms with Crippen LogP contribution in [0.25, 0.3) is 10.2 Å². The van der Waals surface area contributed by atoms with Crippen LogP contribution < -0.4 is 5.32 Å². The highest BCUT2D eigenvalue weighted by molar-refractivity contribution is 7.22. The Morgan fingerprint density at radius 2 is 1.96 bits per heavy atom. The first-order valence-electron chi connectivity index (χ1n) is 8.63. The molecule has 0 bridgehead atoms. The fraction of sp³-hybridized carbons (Fsp3) is 0.250. The molecule has 2 heterocycles. The maximum Gasteiger partial charge on any atom is 0.257 e. The third-order valence-corrected chi connectivity index (χ3v) is 5.64. The highest BCUT2D eigenvalue weighted by Gasteiger charge is 2.40. The number of hydrogen-bond acceptors (Lipinski definition) is 5. The number of morpholine rings is 1. The summed E-state index contributed by atoms with van der Waals surface area (Å²) in [6, 6.07) is 15.0. The van der Waals surface area contributed by atoms with Crippen molar-refractivity contribution in [2.75, 3.05) is 19.0 Å². The van der Waals surface area contributed by atoms with Crippen LogP contribution in [0.2, 0.25) is 0 Å². The lowest BCUT2D eigenvalue weighted by Gasteiger charge is -2.38. The monoisotopic (exact) mass is 381 g/mol. The zero-order valence-corrected chi connectivity index (χ0v) is 15.8. The molecule has 1 aliphatic rings. The molecule has 1 N–H and O–H groups in total. The van der Waals surface area contributed by atoms with E-state index >= 15 is 0 Å². The Balaban J connectivity index is 1.61. The number of aryl methyl sites for hydroxylation is 1. The molecule has 2 aromatic carbocycles. The Bertz CT molecular complexity index is 966. The summed E-state index contributed by atoms with van der Waals surface area (Å²) in [5.41, 5.74) is 2.81. The van der Waals surface area contributed by atoms with Crippen molar-refractivity contribution >= 4 is 38.5 Å². The Labute approximate surface area is 160 Å². The molecular weight excluding hydrogens is 362 g/mol. The SMILES string of the molecule is Cc1ccc([C@@H]2[C@@H](C(=O)Nc3nc4ccccc4s3)OCC(=O)N2C)cc1. The predicted octanol–water partition coefficient (Wildman–Crippen LogP) is 3.14. The minimum absolute atomic E-state index is 0.114. The largest absolute Gasteiger partial charge is 0.356 e. The smallest absolute Gasteiger partial charge is 0.257 e. The van der Waals surface area contributed by atoms with E-state index in [-0.39, 0.29) is 18.4 Å². The van der Waals surface area contributed by atoms with Gasteiger partial charge in [0.15, 0.2) is 11.2 Å². The van der Waals surface area contributed by atoms with Gasteiger partial charge in [0.25, 0.3) is 5.91 Å². The van der Waals surface area contributed by atoms with Crippen LogP contribution in [0, 0.1) is 6.92 Å². The summed E-state index contributed by atoms with van der Waals surface area (Å²) >= 11 is 1.41. The second-order valence-electron chi connectivity index (χ2n) is 6.57. The number of nitrogens with zero attached hydrogens (tertiary/aromatic N) is 2. The molecule has 1 aliphatic heterocycles. The van der Waals surface area contributed by atoms with Crippen molar-refractivity contribution in [1.82, 2.24) is 9.88 Å². The Morgan fingerprint density at radius 3 is 2.70 bits per heavy atom. The quantitative estimate of drug-likeness (QED) is 0.757. The van der Waals surface area contributed by atoms with E-state index < -0.39 is 12.1 Å². The first-order valence-corrected chi connectivity index (χ1v) is 9.45. The first-order chi connectivity index (χ1) is 13.0. The van der Waals surface area contributed by atoms with Crippen molar-refractivity contribution in [2.45, 2.75) is 19.1 Å². The van der Waals surface area contributed by atoms with Gasteiger partial charge >= 0.3 is 0 Å². The number of hydrogen-bond donors (Lipinski definition) is 1. The van der Waals surface area contributed by atoms with E-state index in [1.165, 1.54) is 11.3 Å². The number of rotatable bonds is 3. The lowest BCUT2D eigenvalue weighted by Crippen LogP contribution is -2.51. The van der Waals surface area contributed by atoms with Gasteiger partial charge in [-0.3, -0.25) is 14.9 Å². The number of likely N-dealkylation sites (N-methyl/N-ethyl adjacent to an activating group) is 1. The number of anilines is 1. The number of nitrogens with one attached hydrogen (secondary N) is 1. The van der Waals surface area contributed by atoms with E-state index in [0.717, 1.165) is 21.3 Å². The molecule has 2 amide bonds. The van der Waals surface area contributed by atoms with E-state index in [1.807, 2.05) is 55.5 Å². The van der Waals surface area contributed by atoms with Crippen molar-refractivity contribution in [2.24, 2.45) is 0 Å². The van der Waals surface area contributed by atoms with Crippen molar-refractivity contribution in [1.29, 1.82) is 0 Å². The van der Waals surface area contributed by atoms with E-state index in [2.05, 4.69) is 10.3 Å². The molecule has 27 heavy (non-hydrogen) atoms. The summed E-state index contributed by atoms with van der Waals surface area (Å²) in [5.74, 6) is -0.455. The molecular formula is C20H19N3O3S. The Kier molecular flexibility index (Phi) is 4.63. The van der Waals surface area contributed by atoms with E-state index in [9.17, 15) is 9.59 Å². The molecule has 6 nitrogen and oxygen atoms in total. The number of fused-ring (bicyclic) bond motifs is 1.